The highest BCUT2D eigenvalue weighted by Gasteiger charge is 2.15. The van der Waals surface area contributed by atoms with Crippen LogP contribution in [0.5, 0.6) is 0 Å². The van der Waals surface area contributed by atoms with Gasteiger partial charge in [-0.3, -0.25) is 14.5 Å². The van der Waals surface area contributed by atoms with Crippen LogP contribution in [0, 0.1) is 0 Å². The summed E-state index contributed by atoms with van der Waals surface area (Å²) in [5, 5.41) is 7.85. The topological polar surface area (TPSA) is 61.4 Å². The number of amides is 2. The van der Waals surface area contributed by atoms with Crippen molar-refractivity contribution in [2.75, 3.05) is 25.0 Å². The molecule has 0 atom stereocenters. The third-order valence-electron chi connectivity index (χ3n) is 4.08. The maximum Gasteiger partial charge on any atom is 0.238 e. The highest BCUT2D eigenvalue weighted by atomic mass is 32.1. The molecule has 1 aromatic heterocycles. The van der Waals surface area contributed by atoms with E-state index in [4.69, 9.17) is 0 Å². The van der Waals surface area contributed by atoms with E-state index in [1.165, 1.54) is 0 Å². The molecule has 0 unspecified atom stereocenters. The fourth-order valence-corrected chi connectivity index (χ4v) is 3.29. The number of para-hydroxylation sites is 1. The monoisotopic (exact) mass is 373 g/mol. The Kier molecular flexibility index (Phi) is 7.81. The predicted octanol–water partition coefficient (Wildman–Crippen LogP) is 3.45. The van der Waals surface area contributed by atoms with Crippen molar-refractivity contribution in [3.63, 3.8) is 0 Å². The average molecular weight is 374 g/mol. The Morgan fingerprint density at radius 3 is 2.46 bits per heavy atom. The van der Waals surface area contributed by atoms with Gasteiger partial charge in [0.15, 0.2) is 0 Å². The number of likely N-dealkylation sites (N-methyl/N-ethyl adjacent to an activating group) is 1. The second kappa shape index (κ2) is 10.1. The van der Waals surface area contributed by atoms with Crippen LogP contribution in [0.3, 0.4) is 0 Å². The number of rotatable bonds is 9. The lowest BCUT2D eigenvalue weighted by molar-refractivity contribution is -0.123. The predicted molar refractivity (Wildman–Crippen MR) is 107 cm³/mol. The fraction of sp³-hybridized carbons (Fsp3) is 0.400. The maximum atomic E-state index is 12.4. The van der Waals surface area contributed by atoms with Crippen molar-refractivity contribution >= 4 is 28.8 Å². The molecule has 5 nitrogen and oxygen atoms in total. The van der Waals surface area contributed by atoms with Gasteiger partial charge in [-0.1, -0.05) is 45.0 Å². The van der Waals surface area contributed by atoms with Crippen molar-refractivity contribution in [3.05, 3.63) is 52.2 Å². The Balaban J connectivity index is 1.84. The number of nitrogens with one attached hydrogen (secondary N) is 2. The molecule has 6 heteroatoms. The largest absolute Gasteiger partial charge is 0.350 e. The summed E-state index contributed by atoms with van der Waals surface area (Å²) in [4.78, 5) is 27.5. The minimum absolute atomic E-state index is 0.0735. The highest BCUT2D eigenvalue weighted by molar-refractivity contribution is 7.09. The van der Waals surface area contributed by atoms with E-state index in [0.29, 0.717) is 19.0 Å². The van der Waals surface area contributed by atoms with Gasteiger partial charge in [-0.2, -0.15) is 0 Å². The van der Waals surface area contributed by atoms with Gasteiger partial charge in [0.1, 0.15) is 0 Å². The summed E-state index contributed by atoms with van der Waals surface area (Å²) in [7, 11) is 0. The zero-order valence-electron chi connectivity index (χ0n) is 15.6. The smallest absolute Gasteiger partial charge is 0.238 e. The highest BCUT2D eigenvalue weighted by Crippen LogP contribution is 2.23. The van der Waals surface area contributed by atoms with Crippen molar-refractivity contribution in [1.82, 2.24) is 10.2 Å². The Hall–Kier alpha value is -2.18. The molecule has 0 radical (unpaired) electrons. The maximum absolute atomic E-state index is 12.4. The molecule has 0 fully saturated rings. The number of anilines is 1. The molecule has 0 bridgehead atoms. The van der Waals surface area contributed by atoms with Crippen LogP contribution in [0.4, 0.5) is 5.69 Å². The third-order valence-corrected chi connectivity index (χ3v) is 4.95. The molecule has 2 aromatic rings. The molecule has 1 heterocycles. The van der Waals surface area contributed by atoms with Gasteiger partial charge in [0.25, 0.3) is 0 Å². The van der Waals surface area contributed by atoms with Gasteiger partial charge < -0.3 is 10.6 Å². The van der Waals surface area contributed by atoms with Crippen molar-refractivity contribution in [2.45, 2.75) is 33.2 Å². The van der Waals surface area contributed by atoms with Crippen LogP contribution in [-0.4, -0.2) is 36.3 Å². The number of hydrogen-bond acceptors (Lipinski definition) is 4. The fourth-order valence-electron chi connectivity index (χ4n) is 2.64. The molecule has 0 spiro atoms. The van der Waals surface area contributed by atoms with Crippen LogP contribution >= 0.6 is 11.3 Å². The molecular weight excluding hydrogens is 346 g/mol. The molecule has 0 saturated heterocycles. The summed E-state index contributed by atoms with van der Waals surface area (Å²) in [5.41, 5.74) is 1.95. The number of carbonyl (C=O) groups excluding carboxylic acids is 2. The van der Waals surface area contributed by atoms with E-state index >= 15 is 0 Å². The van der Waals surface area contributed by atoms with E-state index in [9.17, 15) is 9.59 Å². The summed E-state index contributed by atoms with van der Waals surface area (Å²) in [5.74, 6) is 0.151. The standard InChI is InChI=1S/C20H27N3O2S/c1-4-23(13-19(24)21-12-16-8-7-11-26-16)14-20(25)22-18-10-6-5-9-17(18)15(2)3/h5-11,15H,4,12-14H2,1-3H3,(H,21,24)(H,22,25). The number of hydrogen-bond donors (Lipinski definition) is 2. The molecule has 1 aromatic carbocycles. The zero-order chi connectivity index (χ0) is 18.9. The molecule has 2 amide bonds. The lowest BCUT2D eigenvalue weighted by atomic mass is 10.0. The van der Waals surface area contributed by atoms with Crippen LogP contribution in [0.15, 0.2) is 41.8 Å². The average Bonchev–Trinajstić information content (AvgIpc) is 3.13. The summed E-state index contributed by atoms with van der Waals surface area (Å²) in [6.45, 7) is 7.70. The molecule has 26 heavy (non-hydrogen) atoms. The van der Waals surface area contributed by atoms with E-state index in [1.54, 1.807) is 11.3 Å². The zero-order valence-corrected chi connectivity index (χ0v) is 16.4. The third kappa shape index (κ3) is 6.28. The van der Waals surface area contributed by atoms with Gasteiger partial charge in [-0.15, -0.1) is 11.3 Å². The normalized spacial score (nSPS) is 11.0. The van der Waals surface area contributed by atoms with Crippen molar-refractivity contribution in [3.8, 4) is 0 Å². The van der Waals surface area contributed by atoms with Crippen LogP contribution in [0.2, 0.25) is 0 Å². The molecular formula is C20H27N3O2S. The Labute approximate surface area is 159 Å². The lowest BCUT2D eigenvalue weighted by Gasteiger charge is -2.20. The second-order valence-corrected chi connectivity index (χ2v) is 7.48. The van der Waals surface area contributed by atoms with Crippen LogP contribution < -0.4 is 10.6 Å². The molecule has 0 aliphatic rings. The Morgan fingerprint density at radius 1 is 1.08 bits per heavy atom. The summed E-state index contributed by atoms with van der Waals surface area (Å²) >= 11 is 1.61. The first-order chi connectivity index (χ1) is 12.5. The molecule has 2 N–H and O–H groups in total. The van der Waals surface area contributed by atoms with Crippen LogP contribution in [0.1, 0.15) is 37.1 Å². The molecule has 2 rings (SSSR count). The van der Waals surface area contributed by atoms with Gasteiger partial charge >= 0.3 is 0 Å². The van der Waals surface area contributed by atoms with Crippen molar-refractivity contribution in [2.24, 2.45) is 0 Å². The van der Waals surface area contributed by atoms with E-state index in [-0.39, 0.29) is 24.9 Å². The first-order valence-corrected chi connectivity index (χ1v) is 9.77. The summed E-state index contributed by atoms with van der Waals surface area (Å²) < 4.78 is 0. The quantitative estimate of drug-likeness (QED) is 0.708. The molecule has 0 aliphatic carbocycles. The minimum Gasteiger partial charge on any atom is -0.350 e. The summed E-state index contributed by atoms with van der Waals surface area (Å²) in [6.07, 6.45) is 0. The van der Waals surface area contributed by atoms with Crippen molar-refractivity contribution < 1.29 is 9.59 Å². The summed E-state index contributed by atoms with van der Waals surface area (Å²) in [6, 6.07) is 11.8. The number of carbonyl (C=O) groups is 2. The van der Waals surface area contributed by atoms with Gasteiger partial charge in [0.2, 0.25) is 11.8 Å². The number of nitrogens with zero attached hydrogens (tertiary/aromatic N) is 1. The van der Waals surface area contributed by atoms with Gasteiger partial charge in [0, 0.05) is 10.6 Å². The van der Waals surface area contributed by atoms with Crippen LogP contribution in [-0.2, 0) is 16.1 Å². The number of benzene rings is 1. The Bertz CT molecular complexity index is 714. The van der Waals surface area contributed by atoms with E-state index in [2.05, 4.69) is 24.5 Å². The van der Waals surface area contributed by atoms with E-state index in [0.717, 1.165) is 16.1 Å². The molecule has 0 saturated carbocycles. The molecule has 0 aliphatic heterocycles. The Morgan fingerprint density at radius 2 is 1.81 bits per heavy atom. The first-order valence-electron chi connectivity index (χ1n) is 8.89. The molecule has 140 valence electrons. The van der Waals surface area contributed by atoms with Gasteiger partial charge in [-0.25, -0.2) is 0 Å². The number of thiophene rings is 1. The minimum atomic E-state index is -0.106. The first kappa shape index (κ1) is 20.1. The second-order valence-electron chi connectivity index (χ2n) is 6.45. The van der Waals surface area contributed by atoms with Crippen molar-refractivity contribution in [1.29, 1.82) is 0 Å². The van der Waals surface area contributed by atoms with E-state index in [1.807, 2.05) is 53.6 Å². The van der Waals surface area contributed by atoms with E-state index < -0.39 is 0 Å². The SMILES string of the molecule is CCN(CC(=O)NCc1cccs1)CC(=O)Nc1ccccc1C(C)C. The van der Waals surface area contributed by atoms with Gasteiger partial charge in [0.05, 0.1) is 19.6 Å². The van der Waals surface area contributed by atoms with Gasteiger partial charge in [-0.05, 0) is 35.5 Å². The van der Waals surface area contributed by atoms with Crippen LogP contribution in [0.25, 0.3) is 0 Å². The lowest BCUT2D eigenvalue weighted by Crippen LogP contribution is -2.40.